The van der Waals surface area contributed by atoms with Crippen molar-refractivity contribution in [3.8, 4) is 11.1 Å². The fraction of sp³-hybridized carbons (Fsp3) is 0.176. The van der Waals surface area contributed by atoms with Gasteiger partial charge in [-0.1, -0.05) is 50.2 Å². The molecule has 0 radical (unpaired) electrons. The van der Waals surface area contributed by atoms with E-state index in [-0.39, 0.29) is 11.1 Å². The molecule has 4 heteroatoms. The Morgan fingerprint density at radius 2 is 1.62 bits per heavy atom. The first-order valence-corrected chi connectivity index (χ1v) is 6.61. The molecule has 0 aliphatic carbocycles. The van der Waals surface area contributed by atoms with Crippen molar-refractivity contribution in [2.45, 2.75) is 19.8 Å². The Balaban J connectivity index is 2.69. The van der Waals surface area contributed by atoms with E-state index < -0.39 is 11.9 Å². The van der Waals surface area contributed by atoms with Crippen LogP contribution >= 0.6 is 0 Å². The topological polar surface area (TPSA) is 74.6 Å². The second kappa shape index (κ2) is 5.79. The fourth-order valence-corrected chi connectivity index (χ4v) is 2.27. The Labute approximate surface area is 122 Å². The molecule has 0 atom stereocenters. The van der Waals surface area contributed by atoms with Gasteiger partial charge in [0.1, 0.15) is 0 Å². The van der Waals surface area contributed by atoms with Crippen molar-refractivity contribution in [1.82, 2.24) is 0 Å². The van der Waals surface area contributed by atoms with E-state index in [9.17, 15) is 14.7 Å². The number of carboxylic acids is 2. The van der Waals surface area contributed by atoms with E-state index in [0.29, 0.717) is 17.0 Å². The Morgan fingerprint density at radius 3 is 2.19 bits per heavy atom. The van der Waals surface area contributed by atoms with Crippen molar-refractivity contribution >= 4 is 11.9 Å². The highest BCUT2D eigenvalue weighted by atomic mass is 16.4. The van der Waals surface area contributed by atoms with Gasteiger partial charge in [-0.2, -0.15) is 0 Å². The van der Waals surface area contributed by atoms with Gasteiger partial charge < -0.3 is 10.2 Å². The van der Waals surface area contributed by atoms with Crippen LogP contribution in [0.2, 0.25) is 0 Å². The lowest BCUT2D eigenvalue weighted by Crippen LogP contribution is -2.09. The molecule has 0 aromatic heterocycles. The Bertz CT molecular complexity index is 702. The van der Waals surface area contributed by atoms with Crippen molar-refractivity contribution in [3.05, 3.63) is 59.2 Å². The summed E-state index contributed by atoms with van der Waals surface area (Å²) in [5.74, 6) is -2.17. The van der Waals surface area contributed by atoms with Crippen LogP contribution < -0.4 is 0 Å². The van der Waals surface area contributed by atoms with Crippen LogP contribution in [-0.4, -0.2) is 22.2 Å². The van der Waals surface area contributed by atoms with Crippen LogP contribution in [-0.2, 0) is 0 Å². The molecule has 0 amide bonds. The number of rotatable bonds is 4. The lowest BCUT2D eigenvalue weighted by atomic mass is 9.92. The average molecular weight is 284 g/mol. The Kier molecular flexibility index (Phi) is 4.08. The van der Waals surface area contributed by atoms with Gasteiger partial charge in [-0.25, -0.2) is 9.59 Å². The third-order valence-electron chi connectivity index (χ3n) is 3.37. The van der Waals surface area contributed by atoms with Gasteiger partial charge in [0.2, 0.25) is 0 Å². The van der Waals surface area contributed by atoms with Gasteiger partial charge in [-0.3, -0.25) is 0 Å². The first-order valence-electron chi connectivity index (χ1n) is 6.61. The molecular weight excluding hydrogens is 268 g/mol. The van der Waals surface area contributed by atoms with Gasteiger partial charge in [0.25, 0.3) is 0 Å². The van der Waals surface area contributed by atoms with Crippen molar-refractivity contribution in [3.63, 3.8) is 0 Å². The maximum Gasteiger partial charge on any atom is 0.337 e. The first-order chi connectivity index (χ1) is 9.91. The third-order valence-corrected chi connectivity index (χ3v) is 3.37. The molecule has 0 unspecified atom stereocenters. The average Bonchev–Trinajstić information content (AvgIpc) is 2.46. The van der Waals surface area contributed by atoms with E-state index in [1.54, 1.807) is 18.2 Å². The quantitative estimate of drug-likeness (QED) is 0.893. The van der Waals surface area contributed by atoms with Gasteiger partial charge in [0.15, 0.2) is 0 Å². The summed E-state index contributed by atoms with van der Waals surface area (Å²) < 4.78 is 0. The minimum atomic E-state index is -1.24. The predicted octanol–water partition coefficient (Wildman–Crippen LogP) is 3.87. The molecule has 0 saturated heterocycles. The largest absolute Gasteiger partial charge is 0.478 e. The normalized spacial score (nSPS) is 10.6. The van der Waals surface area contributed by atoms with Gasteiger partial charge >= 0.3 is 11.9 Å². The van der Waals surface area contributed by atoms with Gasteiger partial charge in [-0.15, -0.1) is 0 Å². The number of hydrogen-bond acceptors (Lipinski definition) is 2. The lowest BCUT2D eigenvalue weighted by molar-refractivity contribution is 0.0652. The number of benzene rings is 2. The third kappa shape index (κ3) is 2.94. The van der Waals surface area contributed by atoms with Gasteiger partial charge in [-0.05, 0) is 28.7 Å². The maximum absolute atomic E-state index is 11.5. The highest BCUT2D eigenvalue weighted by Gasteiger charge is 2.20. The van der Waals surface area contributed by atoms with E-state index >= 15 is 0 Å². The van der Waals surface area contributed by atoms with Crippen molar-refractivity contribution in [2.24, 2.45) is 0 Å². The Morgan fingerprint density at radius 1 is 0.952 bits per heavy atom. The first kappa shape index (κ1) is 14.8. The Hall–Kier alpha value is -2.62. The zero-order chi connectivity index (χ0) is 15.6. The highest BCUT2D eigenvalue weighted by molar-refractivity contribution is 6.06. The summed E-state index contributed by atoms with van der Waals surface area (Å²) in [6.07, 6.45) is 0. The summed E-state index contributed by atoms with van der Waals surface area (Å²) in [6.45, 7) is 4.09. The van der Waals surface area contributed by atoms with Crippen molar-refractivity contribution in [2.75, 3.05) is 0 Å². The van der Waals surface area contributed by atoms with E-state index in [4.69, 9.17) is 5.11 Å². The fourth-order valence-electron chi connectivity index (χ4n) is 2.27. The molecule has 0 spiro atoms. The molecule has 0 bridgehead atoms. The molecule has 4 nitrogen and oxygen atoms in total. The zero-order valence-electron chi connectivity index (χ0n) is 11.8. The molecule has 0 aliphatic rings. The minimum Gasteiger partial charge on any atom is -0.478 e. The maximum atomic E-state index is 11.5. The van der Waals surface area contributed by atoms with Crippen molar-refractivity contribution in [1.29, 1.82) is 0 Å². The number of aromatic carboxylic acids is 2. The molecule has 2 aromatic carbocycles. The molecule has 2 rings (SSSR count). The lowest BCUT2D eigenvalue weighted by Gasteiger charge is -2.12. The standard InChI is InChI=1S/C17H16O4/c1-10(2)11-5-3-6-12(9-11)13-7-4-8-14(16(18)19)15(13)17(20)21/h3-10H,1-2H3,(H,18,19)(H,20,21). The molecule has 2 aromatic rings. The zero-order valence-corrected chi connectivity index (χ0v) is 11.8. The molecule has 108 valence electrons. The van der Waals surface area contributed by atoms with Crippen LogP contribution in [0.3, 0.4) is 0 Å². The SMILES string of the molecule is CC(C)c1cccc(-c2cccc(C(=O)O)c2C(=O)O)c1. The van der Waals surface area contributed by atoms with Crippen LogP contribution in [0.15, 0.2) is 42.5 Å². The molecule has 0 fully saturated rings. The van der Waals surface area contributed by atoms with Gasteiger partial charge in [0.05, 0.1) is 11.1 Å². The second-order valence-corrected chi connectivity index (χ2v) is 5.12. The van der Waals surface area contributed by atoms with Crippen LogP contribution in [0.25, 0.3) is 11.1 Å². The smallest absolute Gasteiger partial charge is 0.337 e. The molecule has 2 N–H and O–H groups in total. The number of hydrogen-bond donors (Lipinski definition) is 2. The monoisotopic (exact) mass is 284 g/mol. The second-order valence-electron chi connectivity index (χ2n) is 5.12. The minimum absolute atomic E-state index is 0.175. The van der Waals surface area contributed by atoms with Crippen LogP contribution in [0.5, 0.6) is 0 Å². The summed E-state index contributed by atoms with van der Waals surface area (Å²) in [6, 6.07) is 12.0. The summed E-state index contributed by atoms with van der Waals surface area (Å²) in [7, 11) is 0. The summed E-state index contributed by atoms with van der Waals surface area (Å²) in [5.41, 5.74) is 1.83. The van der Waals surface area contributed by atoms with Gasteiger partial charge in [0, 0.05) is 0 Å². The summed E-state index contributed by atoms with van der Waals surface area (Å²) in [5, 5.41) is 18.5. The molecule has 0 heterocycles. The van der Waals surface area contributed by atoms with Crippen molar-refractivity contribution < 1.29 is 19.8 Å². The van der Waals surface area contributed by atoms with E-state index in [1.165, 1.54) is 6.07 Å². The van der Waals surface area contributed by atoms with E-state index in [0.717, 1.165) is 5.56 Å². The molecule has 0 saturated carbocycles. The van der Waals surface area contributed by atoms with Crippen LogP contribution in [0.4, 0.5) is 0 Å². The highest BCUT2D eigenvalue weighted by Crippen LogP contribution is 2.29. The van der Waals surface area contributed by atoms with E-state index in [2.05, 4.69) is 0 Å². The molecular formula is C17H16O4. The van der Waals surface area contributed by atoms with E-state index in [1.807, 2.05) is 32.0 Å². The van der Waals surface area contributed by atoms with Crippen LogP contribution in [0, 0.1) is 0 Å². The number of carbonyl (C=O) groups is 2. The molecule has 21 heavy (non-hydrogen) atoms. The molecule has 0 aliphatic heterocycles. The predicted molar refractivity (Wildman–Crippen MR) is 79.9 cm³/mol. The van der Waals surface area contributed by atoms with Crippen LogP contribution in [0.1, 0.15) is 46.0 Å². The summed E-state index contributed by atoms with van der Waals surface area (Å²) >= 11 is 0. The number of carboxylic acid groups (broad SMARTS) is 2. The summed E-state index contributed by atoms with van der Waals surface area (Å²) in [4.78, 5) is 22.7.